The first kappa shape index (κ1) is 26.3. The van der Waals surface area contributed by atoms with Crippen LogP contribution in [0.4, 0.5) is 4.79 Å². The monoisotopic (exact) mass is 947 g/mol. The van der Waals surface area contributed by atoms with Gasteiger partial charge in [0.2, 0.25) is 0 Å². The van der Waals surface area contributed by atoms with Gasteiger partial charge in [0.15, 0.2) is 0 Å². The molecule has 1 fully saturated rings. The Bertz CT molecular complexity index is 510. The summed E-state index contributed by atoms with van der Waals surface area (Å²) < 4.78 is 19.0. The standard InChI is InChI=1S/C16H25N2O6.3Hg/c1-10(22-4)7-16(8-11(2)23-5)13(19)17-15(21)18(14(16)20)9-12(3)24-6;;;/h10-12H,1-3,7-9H2,4-6H3,(H,17,19,21);;;. The van der Waals surface area contributed by atoms with Crippen molar-refractivity contribution in [1.82, 2.24) is 10.2 Å². The van der Waals surface area contributed by atoms with Crippen LogP contribution >= 0.6 is 0 Å². The van der Waals surface area contributed by atoms with Crippen molar-refractivity contribution >= 4 is 17.8 Å². The number of nitrogens with zero attached hydrogens (tertiary/aromatic N) is 1. The van der Waals surface area contributed by atoms with E-state index in [1.165, 1.54) is 0 Å². The van der Waals surface area contributed by atoms with Gasteiger partial charge in [0.25, 0.3) is 0 Å². The summed E-state index contributed by atoms with van der Waals surface area (Å²) in [5.41, 5.74) is -1.33. The Kier molecular flexibility index (Phi) is 12.6. The van der Waals surface area contributed by atoms with Crippen LogP contribution in [0.3, 0.4) is 0 Å². The van der Waals surface area contributed by atoms with Crippen LogP contribution in [-0.4, -0.2) is 68.9 Å². The van der Waals surface area contributed by atoms with Gasteiger partial charge in [-0.15, -0.1) is 0 Å². The fraction of sp³-hybridized carbons (Fsp3) is 0.812. The van der Waals surface area contributed by atoms with Crippen molar-refractivity contribution in [1.29, 1.82) is 0 Å². The number of nitrogens with one attached hydrogen (secondary N) is 1. The van der Waals surface area contributed by atoms with E-state index in [2.05, 4.69) is 5.32 Å². The maximum absolute atomic E-state index is 13.5. The molecular formula is C16H25Hg3N2O6. The van der Waals surface area contributed by atoms with Crippen molar-refractivity contribution in [3.05, 3.63) is 0 Å². The quantitative estimate of drug-likeness (QED) is 0.230. The molecule has 1 heterocycles. The first-order valence-corrected chi connectivity index (χ1v) is 20.6. The molecule has 1 aliphatic heterocycles. The van der Waals surface area contributed by atoms with E-state index in [4.69, 9.17) is 14.2 Å². The second kappa shape index (κ2) is 12.9. The molecule has 4 amide bonds. The van der Waals surface area contributed by atoms with Crippen molar-refractivity contribution in [3.8, 4) is 0 Å². The Hall–Kier alpha value is 1.30. The molecule has 3 unspecified atom stereocenters. The number of amides is 4. The van der Waals surface area contributed by atoms with Gasteiger partial charge in [-0.05, 0) is 0 Å². The summed E-state index contributed by atoms with van der Waals surface area (Å²) in [5, 5.41) is 2.42. The van der Waals surface area contributed by atoms with Crippen LogP contribution < -0.4 is 5.32 Å². The van der Waals surface area contributed by atoms with Gasteiger partial charge in [-0.2, -0.15) is 0 Å². The number of barbiturate groups is 1. The van der Waals surface area contributed by atoms with Crippen LogP contribution in [0.15, 0.2) is 0 Å². The summed E-state index contributed by atoms with van der Waals surface area (Å²) in [6.07, 6.45) is 0.0194. The summed E-state index contributed by atoms with van der Waals surface area (Å²) in [6, 6.07) is -0.656. The Morgan fingerprint density at radius 3 is 1.70 bits per heavy atom. The Balaban J connectivity index is 3.31. The number of carbonyl (C=O) groups excluding carboxylic acids is 3. The summed E-state index contributed by atoms with van der Waals surface area (Å²) in [7, 11) is 4.79. The van der Waals surface area contributed by atoms with Gasteiger partial charge in [-0.1, -0.05) is 0 Å². The first-order valence-electron chi connectivity index (χ1n) is 8.96. The molecule has 0 aromatic heterocycles. The van der Waals surface area contributed by atoms with Crippen LogP contribution in [-0.2, 0) is 102 Å². The van der Waals surface area contributed by atoms with Crippen LogP contribution in [0.25, 0.3) is 0 Å². The molecule has 27 heavy (non-hydrogen) atoms. The Labute approximate surface area is 209 Å². The second-order valence-corrected chi connectivity index (χ2v) is 13.3. The molecule has 1 aliphatic rings. The zero-order valence-corrected chi connectivity index (χ0v) is 33.0. The zero-order valence-electron chi connectivity index (χ0n) is 16.5. The number of rotatable bonds is 12. The van der Waals surface area contributed by atoms with Gasteiger partial charge in [0, 0.05) is 0 Å². The van der Waals surface area contributed by atoms with E-state index in [1.54, 1.807) is 21.3 Å². The normalized spacial score (nSPS) is 24.0. The molecule has 0 aliphatic carbocycles. The summed E-state index contributed by atoms with van der Waals surface area (Å²) >= 11 is 1.42. The molecule has 11 heteroatoms. The van der Waals surface area contributed by atoms with Crippen molar-refractivity contribution in [2.45, 2.75) is 42.9 Å². The fourth-order valence-corrected chi connectivity index (χ4v) is 8.26. The molecule has 1 saturated heterocycles. The second-order valence-electron chi connectivity index (χ2n) is 6.60. The molecule has 0 aromatic carbocycles. The third kappa shape index (κ3) is 6.64. The topological polar surface area (TPSA) is 94.2 Å². The van der Waals surface area contributed by atoms with Gasteiger partial charge in [0.05, 0.1) is 0 Å². The van der Waals surface area contributed by atoms with Crippen molar-refractivity contribution in [3.63, 3.8) is 0 Å². The molecule has 0 spiro atoms. The van der Waals surface area contributed by atoms with E-state index < -0.39 is 23.3 Å². The van der Waals surface area contributed by atoms with Crippen LogP contribution in [0.5, 0.6) is 0 Å². The number of urea groups is 1. The Morgan fingerprint density at radius 2 is 1.33 bits per heavy atom. The average molecular weight is 943 g/mol. The van der Waals surface area contributed by atoms with E-state index in [0.717, 1.165) is 16.7 Å². The summed E-state index contributed by atoms with van der Waals surface area (Å²) in [6.45, 7) is 0.170. The summed E-state index contributed by atoms with van der Waals surface area (Å²) in [5.74, 6) is -0.960. The number of hydrogen-bond donors (Lipinski definition) is 1. The molecule has 0 radical (unpaired) electrons. The third-order valence-electron chi connectivity index (χ3n) is 5.06. The number of carbonyl (C=O) groups is 3. The maximum atomic E-state index is 13.5. The van der Waals surface area contributed by atoms with E-state index in [-0.39, 0.29) is 37.7 Å². The predicted octanol–water partition coefficient (Wildman–Crippen LogP) is 0.772. The predicted molar refractivity (Wildman–Crippen MR) is 83.7 cm³/mol. The molecule has 8 nitrogen and oxygen atoms in total. The summed E-state index contributed by atoms with van der Waals surface area (Å²) in [4.78, 5) is 40.0. The number of ether oxygens (including phenoxy) is 3. The van der Waals surface area contributed by atoms with E-state index in [1.807, 2.05) is 0 Å². The fourth-order valence-electron chi connectivity index (χ4n) is 3.21. The molecule has 141 valence electrons. The molecule has 0 bridgehead atoms. The molecule has 3 atom stereocenters. The van der Waals surface area contributed by atoms with E-state index >= 15 is 0 Å². The molecular weight excluding hydrogens is 918 g/mol. The van der Waals surface area contributed by atoms with Crippen LogP contribution in [0.2, 0.25) is 11.8 Å². The van der Waals surface area contributed by atoms with Crippen LogP contribution in [0.1, 0.15) is 12.8 Å². The molecule has 0 saturated carbocycles. The van der Waals surface area contributed by atoms with E-state index in [0.29, 0.717) is 78.4 Å². The molecule has 0 aromatic rings. The van der Waals surface area contributed by atoms with Gasteiger partial charge in [0.1, 0.15) is 0 Å². The average Bonchev–Trinajstić information content (AvgIpc) is 2.68. The molecule has 1 N–H and O–H groups in total. The Morgan fingerprint density at radius 1 is 0.889 bits per heavy atom. The first-order chi connectivity index (χ1) is 12.8. The SMILES string of the molecule is COC([CH2][Hg])CN1C(=O)NC(=O)C(CC([CH2][Hg])OC)(CC([CH2][Hg])OC)C1=O. The number of methoxy groups -OCH3 is 3. The van der Waals surface area contributed by atoms with Gasteiger partial charge < -0.3 is 0 Å². The van der Waals surface area contributed by atoms with Gasteiger partial charge in [-0.25, -0.2) is 0 Å². The molecule has 1 rings (SSSR count). The number of hydrogen-bond acceptors (Lipinski definition) is 6. The van der Waals surface area contributed by atoms with Crippen molar-refractivity contribution in [2.24, 2.45) is 5.41 Å². The van der Waals surface area contributed by atoms with Crippen molar-refractivity contribution in [2.75, 3.05) is 27.9 Å². The van der Waals surface area contributed by atoms with E-state index in [9.17, 15) is 14.4 Å². The third-order valence-corrected chi connectivity index (χ3v) is 12.6. The number of imide groups is 2. The minimum atomic E-state index is -1.33. The van der Waals surface area contributed by atoms with Gasteiger partial charge >= 0.3 is 211 Å². The van der Waals surface area contributed by atoms with Crippen LogP contribution in [0, 0.1) is 5.41 Å². The van der Waals surface area contributed by atoms with Crippen molar-refractivity contribution < 1.29 is 107 Å². The minimum absolute atomic E-state index is 0.170. The van der Waals surface area contributed by atoms with Gasteiger partial charge in [-0.3, -0.25) is 0 Å². The zero-order chi connectivity index (χ0) is 20.6.